The summed E-state index contributed by atoms with van der Waals surface area (Å²) in [7, 11) is 1.65. The molecule has 1 heterocycles. The van der Waals surface area contributed by atoms with Crippen molar-refractivity contribution >= 4 is 5.96 Å². The first kappa shape index (κ1) is 18.2. The molecule has 0 atom stereocenters. The second-order valence-electron chi connectivity index (χ2n) is 6.51. The van der Waals surface area contributed by atoms with E-state index in [0.717, 1.165) is 29.6 Å². The van der Waals surface area contributed by atoms with Crippen molar-refractivity contribution in [1.29, 1.82) is 0 Å². The third kappa shape index (κ3) is 4.97. The quantitative estimate of drug-likeness (QED) is 0.547. The van der Waals surface area contributed by atoms with Crippen LogP contribution < -0.4 is 15.4 Å². The summed E-state index contributed by atoms with van der Waals surface area (Å²) >= 11 is 0. The highest BCUT2D eigenvalue weighted by Gasteiger charge is 2.14. The minimum Gasteiger partial charge on any atom is -0.497 e. The van der Waals surface area contributed by atoms with Crippen LogP contribution >= 0.6 is 0 Å². The zero-order valence-corrected chi connectivity index (χ0v) is 15.6. The largest absolute Gasteiger partial charge is 0.497 e. The Kier molecular flexibility index (Phi) is 6.46. The van der Waals surface area contributed by atoms with E-state index in [1.807, 2.05) is 24.3 Å². The Morgan fingerprint density at radius 2 is 2.00 bits per heavy atom. The minimum absolute atomic E-state index is 0.464. The number of rotatable bonds is 6. The molecule has 1 aliphatic carbocycles. The zero-order chi connectivity index (χ0) is 18.2. The summed E-state index contributed by atoms with van der Waals surface area (Å²) < 4.78 is 5.18. The molecular weight excluding hydrogens is 328 g/mol. The van der Waals surface area contributed by atoms with E-state index in [0.29, 0.717) is 18.4 Å². The lowest BCUT2D eigenvalue weighted by Crippen LogP contribution is -2.44. The van der Waals surface area contributed by atoms with Crippen molar-refractivity contribution < 1.29 is 4.74 Å². The van der Waals surface area contributed by atoms with E-state index in [1.54, 1.807) is 7.11 Å². The first-order valence-corrected chi connectivity index (χ1v) is 9.39. The van der Waals surface area contributed by atoms with Crippen LogP contribution in [0.5, 0.6) is 5.75 Å². The van der Waals surface area contributed by atoms with E-state index in [4.69, 9.17) is 4.74 Å². The highest BCUT2D eigenvalue weighted by Crippen LogP contribution is 2.19. The van der Waals surface area contributed by atoms with Gasteiger partial charge in [0.25, 0.3) is 0 Å². The standard InChI is InChI=1S/C19H28N6O/c1-3-20-19(22-15-7-5-4-6-8-15)21-13-17-23-18(25-24-17)14-9-11-16(26-2)12-10-14/h9-12,15H,3-8,13H2,1-2H3,(H2,20,21,22)(H,23,24,25). The number of hydrogen-bond acceptors (Lipinski definition) is 4. The van der Waals surface area contributed by atoms with Crippen LogP contribution in [-0.2, 0) is 6.54 Å². The van der Waals surface area contributed by atoms with Crippen molar-refractivity contribution in [3.05, 3.63) is 30.1 Å². The second-order valence-corrected chi connectivity index (χ2v) is 6.51. The molecule has 2 aromatic rings. The van der Waals surface area contributed by atoms with Gasteiger partial charge < -0.3 is 15.4 Å². The van der Waals surface area contributed by atoms with E-state index >= 15 is 0 Å². The third-order valence-corrected chi connectivity index (χ3v) is 4.56. The Morgan fingerprint density at radius 3 is 2.69 bits per heavy atom. The van der Waals surface area contributed by atoms with Crippen LogP contribution in [0.4, 0.5) is 0 Å². The van der Waals surface area contributed by atoms with Gasteiger partial charge >= 0.3 is 0 Å². The lowest BCUT2D eigenvalue weighted by Gasteiger charge is -2.24. The first-order valence-electron chi connectivity index (χ1n) is 9.39. The summed E-state index contributed by atoms with van der Waals surface area (Å²) in [6, 6.07) is 8.22. The fraction of sp³-hybridized carbons (Fsp3) is 0.526. The van der Waals surface area contributed by atoms with Gasteiger partial charge in [0.2, 0.25) is 0 Å². The van der Waals surface area contributed by atoms with Crippen molar-refractivity contribution in [2.24, 2.45) is 4.99 Å². The van der Waals surface area contributed by atoms with Gasteiger partial charge in [0.15, 0.2) is 11.8 Å². The topological polar surface area (TPSA) is 87.2 Å². The van der Waals surface area contributed by atoms with E-state index < -0.39 is 0 Å². The number of guanidine groups is 1. The van der Waals surface area contributed by atoms with Crippen molar-refractivity contribution in [2.75, 3.05) is 13.7 Å². The van der Waals surface area contributed by atoms with E-state index in [9.17, 15) is 0 Å². The molecule has 3 N–H and O–H groups in total. The molecule has 1 aromatic carbocycles. The number of H-pyrrole nitrogens is 1. The minimum atomic E-state index is 0.464. The fourth-order valence-corrected chi connectivity index (χ4v) is 3.15. The molecule has 1 saturated carbocycles. The normalized spacial score (nSPS) is 15.7. The average Bonchev–Trinajstić information content (AvgIpc) is 3.16. The second kappa shape index (κ2) is 9.22. The fourth-order valence-electron chi connectivity index (χ4n) is 3.15. The highest BCUT2D eigenvalue weighted by atomic mass is 16.5. The van der Waals surface area contributed by atoms with E-state index in [1.165, 1.54) is 32.1 Å². The molecule has 140 valence electrons. The Bertz CT molecular complexity index is 703. The Labute approximate surface area is 154 Å². The molecule has 0 unspecified atom stereocenters. The van der Waals surface area contributed by atoms with Gasteiger partial charge in [-0.15, -0.1) is 0 Å². The first-order chi connectivity index (χ1) is 12.8. The van der Waals surface area contributed by atoms with Crippen molar-refractivity contribution in [1.82, 2.24) is 25.8 Å². The predicted octanol–water partition coefficient (Wildman–Crippen LogP) is 2.87. The number of hydrogen-bond donors (Lipinski definition) is 3. The summed E-state index contributed by atoms with van der Waals surface area (Å²) in [6.07, 6.45) is 6.37. The Balaban J connectivity index is 1.62. The molecule has 26 heavy (non-hydrogen) atoms. The van der Waals surface area contributed by atoms with Gasteiger partial charge in [-0.3, -0.25) is 5.10 Å². The lowest BCUT2D eigenvalue weighted by molar-refractivity contribution is 0.410. The van der Waals surface area contributed by atoms with Gasteiger partial charge in [0, 0.05) is 18.2 Å². The maximum Gasteiger partial charge on any atom is 0.191 e. The molecule has 3 rings (SSSR count). The van der Waals surface area contributed by atoms with Gasteiger partial charge in [-0.05, 0) is 44.0 Å². The number of benzene rings is 1. The van der Waals surface area contributed by atoms with Crippen molar-refractivity contribution in [2.45, 2.75) is 51.6 Å². The maximum absolute atomic E-state index is 5.18. The van der Waals surface area contributed by atoms with Gasteiger partial charge in [-0.1, -0.05) is 19.3 Å². The molecule has 0 aliphatic heterocycles. The molecule has 1 fully saturated rings. The number of aromatic amines is 1. The number of nitrogens with zero attached hydrogens (tertiary/aromatic N) is 3. The Hall–Kier alpha value is -2.57. The molecule has 7 heteroatoms. The summed E-state index contributed by atoms with van der Waals surface area (Å²) in [5.74, 6) is 3.08. The summed E-state index contributed by atoms with van der Waals surface area (Å²) in [5, 5.41) is 14.1. The average molecular weight is 356 g/mol. The van der Waals surface area contributed by atoms with Crippen LogP contribution in [-0.4, -0.2) is 40.8 Å². The van der Waals surface area contributed by atoms with Gasteiger partial charge in [-0.2, -0.15) is 5.10 Å². The SMILES string of the molecule is CCNC(=NCc1nc(-c2ccc(OC)cc2)n[nH]1)NC1CCCCC1. The van der Waals surface area contributed by atoms with Gasteiger partial charge in [0.05, 0.1) is 7.11 Å². The monoisotopic (exact) mass is 356 g/mol. The summed E-state index contributed by atoms with van der Waals surface area (Å²) in [4.78, 5) is 9.20. The molecule has 0 radical (unpaired) electrons. The molecule has 7 nitrogen and oxygen atoms in total. The van der Waals surface area contributed by atoms with Gasteiger partial charge in [0.1, 0.15) is 18.1 Å². The maximum atomic E-state index is 5.18. The molecule has 0 bridgehead atoms. The van der Waals surface area contributed by atoms with E-state index in [-0.39, 0.29) is 0 Å². The van der Waals surface area contributed by atoms with Crippen LogP contribution in [0.1, 0.15) is 44.9 Å². The number of ether oxygens (including phenoxy) is 1. The van der Waals surface area contributed by atoms with Crippen LogP contribution in [0.25, 0.3) is 11.4 Å². The van der Waals surface area contributed by atoms with Crippen LogP contribution in [0, 0.1) is 0 Å². The lowest BCUT2D eigenvalue weighted by atomic mass is 9.96. The highest BCUT2D eigenvalue weighted by molar-refractivity contribution is 5.80. The molecular formula is C19H28N6O. The molecule has 1 aromatic heterocycles. The van der Waals surface area contributed by atoms with Gasteiger partial charge in [-0.25, -0.2) is 9.98 Å². The molecule has 1 aliphatic rings. The van der Waals surface area contributed by atoms with Crippen molar-refractivity contribution in [3.63, 3.8) is 0 Å². The predicted molar refractivity (Wildman–Crippen MR) is 103 cm³/mol. The molecule has 0 spiro atoms. The summed E-state index contributed by atoms with van der Waals surface area (Å²) in [6.45, 7) is 3.38. The van der Waals surface area contributed by atoms with Crippen LogP contribution in [0.3, 0.4) is 0 Å². The number of nitrogens with one attached hydrogen (secondary N) is 3. The number of methoxy groups -OCH3 is 1. The smallest absolute Gasteiger partial charge is 0.191 e. The Morgan fingerprint density at radius 1 is 1.23 bits per heavy atom. The third-order valence-electron chi connectivity index (χ3n) is 4.56. The van der Waals surface area contributed by atoms with Crippen LogP contribution in [0.2, 0.25) is 0 Å². The van der Waals surface area contributed by atoms with Crippen molar-refractivity contribution in [3.8, 4) is 17.1 Å². The number of aromatic nitrogens is 3. The zero-order valence-electron chi connectivity index (χ0n) is 15.6. The van der Waals surface area contributed by atoms with E-state index in [2.05, 4.69) is 37.7 Å². The number of aliphatic imine (C=N–C) groups is 1. The van der Waals surface area contributed by atoms with Crippen LogP contribution in [0.15, 0.2) is 29.3 Å². The molecule has 0 amide bonds. The summed E-state index contributed by atoms with van der Waals surface area (Å²) in [5.41, 5.74) is 0.949. The molecule has 0 saturated heterocycles.